The summed E-state index contributed by atoms with van der Waals surface area (Å²) in [5.41, 5.74) is 0.0906. The summed E-state index contributed by atoms with van der Waals surface area (Å²) in [6.07, 6.45) is 3.14. The predicted molar refractivity (Wildman–Crippen MR) is 73.4 cm³/mol. The summed E-state index contributed by atoms with van der Waals surface area (Å²) >= 11 is 0. The Hall–Kier alpha value is -2.36. The van der Waals surface area contributed by atoms with Crippen LogP contribution in [0.5, 0.6) is 0 Å². The van der Waals surface area contributed by atoms with Crippen molar-refractivity contribution in [2.24, 2.45) is 0 Å². The van der Waals surface area contributed by atoms with Gasteiger partial charge in [0.1, 0.15) is 0 Å². The first-order valence-corrected chi connectivity index (χ1v) is 5.73. The maximum absolute atomic E-state index is 12.4. The van der Waals surface area contributed by atoms with E-state index in [9.17, 15) is 18.0 Å². The van der Waals surface area contributed by atoms with Gasteiger partial charge in [-0.05, 0) is 23.8 Å². The van der Waals surface area contributed by atoms with Crippen molar-refractivity contribution < 1.29 is 18.0 Å². The third-order valence-electron chi connectivity index (χ3n) is 2.47. The van der Waals surface area contributed by atoms with Gasteiger partial charge in [0.25, 0.3) is 0 Å². The molecule has 0 aliphatic rings. The molecule has 1 aromatic rings. The van der Waals surface area contributed by atoms with Gasteiger partial charge in [-0.25, -0.2) is 0 Å². The second-order valence-electron chi connectivity index (χ2n) is 3.88. The minimum Gasteiger partial charge on any atom is -0.289 e. The molecular weight excluding hydrogens is 265 g/mol. The molecule has 0 heterocycles. The lowest BCUT2D eigenvalue weighted by molar-refractivity contribution is -0.137. The highest BCUT2D eigenvalue weighted by Crippen LogP contribution is 2.29. The summed E-state index contributed by atoms with van der Waals surface area (Å²) in [4.78, 5) is 11.8. The van der Waals surface area contributed by atoms with Crippen LogP contribution in [0.1, 0.15) is 15.9 Å². The Balaban J connectivity index is 2.89. The van der Waals surface area contributed by atoms with Gasteiger partial charge in [-0.1, -0.05) is 49.6 Å². The van der Waals surface area contributed by atoms with E-state index < -0.39 is 11.7 Å². The molecule has 0 saturated heterocycles. The minimum absolute atomic E-state index is 0.191. The van der Waals surface area contributed by atoms with Crippen LogP contribution < -0.4 is 0 Å². The van der Waals surface area contributed by atoms with Crippen LogP contribution in [0.2, 0.25) is 0 Å². The number of hydrogen-bond acceptors (Lipinski definition) is 1. The zero-order valence-electron chi connectivity index (χ0n) is 10.7. The lowest BCUT2D eigenvalue weighted by atomic mass is 10.1. The van der Waals surface area contributed by atoms with Crippen molar-refractivity contribution in [2.45, 2.75) is 6.18 Å². The molecule has 0 unspecified atom stereocenters. The Kier molecular flexibility index (Phi) is 5.26. The van der Waals surface area contributed by atoms with Crippen LogP contribution in [-0.4, -0.2) is 5.78 Å². The van der Waals surface area contributed by atoms with Gasteiger partial charge in [0.15, 0.2) is 5.78 Å². The molecule has 0 spiro atoms. The van der Waals surface area contributed by atoms with E-state index in [1.54, 1.807) is 12.2 Å². The highest BCUT2D eigenvalue weighted by Gasteiger charge is 2.30. The lowest BCUT2D eigenvalue weighted by Crippen LogP contribution is -2.05. The zero-order valence-corrected chi connectivity index (χ0v) is 10.7. The van der Waals surface area contributed by atoms with Gasteiger partial charge in [0.05, 0.1) is 5.56 Å². The number of benzene rings is 1. The second-order valence-corrected chi connectivity index (χ2v) is 3.88. The molecule has 0 aromatic heterocycles. The van der Waals surface area contributed by atoms with Crippen molar-refractivity contribution in [1.82, 2.24) is 0 Å². The Morgan fingerprint density at radius 2 is 1.65 bits per heavy atom. The molecule has 1 nitrogen and oxygen atoms in total. The van der Waals surface area contributed by atoms with E-state index in [2.05, 4.69) is 13.2 Å². The predicted octanol–water partition coefficient (Wildman–Crippen LogP) is 4.74. The van der Waals surface area contributed by atoms with Gasteiger partial charge in [-0.3, -0.25) is 4.79 Å². The van der Waals surface area contributed by atoms with Crippen molar-refractivity contribution in [1.29, 1.82) is 0 Å². The average molecular weight is 278 g/mol. The summed E-state index contributed by atoms with van der Waals surface area (Å²) in [6.45, 7) is 7.08. The number of halogens is 3. The minimum atomic E-state index is -4.40. The van der Waals surface area contributed by atoms with Crippen LogP contribution in [0, 0.1) is 0 Å². The Morgan fingerprint density at radius 1 is 1.05 bits per heavy atom. The van der Waals surface area contributed by atoms with Crippen molar-refractivity contribution >= 4 is 5.78 Å². The maximum Gasteiger partial charge on any atom is 0.416 e. The molecular formula is C16H13F3O. The van der Waals surface area contributed by atoms with E-state index in [1.807, 2.05) is 0 Å². The van der Waals surface area contributed by atoms with Crippen molar-refractivity contribution in [3.05, 3.63) is 84.5 Å². The molecule has 1 rings (SSSR count). The SMILES string of the molecule is C=C/C=C(C=C)/C=C/C(=O)c1ccc(C(F)(F)F)cc1. The van der Waals surface area contributed by atoms with Crippen LogP contribution in [0.15, 0.2) is 73.4 Å². The van der Waals surface area contributed by atoms with Crippen molar-refractivity contribution in [3.8, 4) is 0 Å². The first-order chi connectivity index (χ1) is 9.38. The van der Waals surface area contributed by atoms with Crippen molar-refractivity contribution in [2.75, 3.05) is 0 Å². The van der Waals surface area contributed by atoms with Gasteiger partial charge in [0.2, 0.25) is 0 Å². The summed E-state index contributed by atoms with van der Waals surface area (Å²) in [7, 11) is 0. The van der Waals surface area contributed by atoms with Gasteiger partial charge >= 0.3 is 6.18 Å². The quantitative estimate of drug-likeness (QED) is 0.432. The van der Waals surface area contributed by atoms with E-state index in [0.29, 0.717) is 5.57 Å². The maximum atomic E-state index is 12.4. The first kappa shape index (κ1) is 15.7. The molecule has 0 amide bonds. The normalized spacial score (nSPS) is 12.4. The number of ketones is 1. The molecule has 1 aromatic carbocycles. The molecule has 0 radical (unpaired) electrons. The molecule has 0 N–H and O–H groups in total. The Labute approximate surface area is 115 Å². The third kappa shape index (κ3) is 4.39. The molecule has 0 aliphatic carbocycles. The summed E-state index contributed by atoms with van der Waals surface area (Å²) in [6, 6.07) is 4.07. The second kappa shape index (κ2) is 6.70. The number of carbonyl (C=O) groups is 1. The number of alkyl halides is 3. The number of hydrogen-bond donors (Lipinski definition) is 0. The van der Waals surface area contributed by atoms with Gasteiger partial charge in [0, 0.05) is 5.56 Å². The number of allylic oxidation sites excluding steroid dienone is 6. The first-order valence-electron chi connectivity index (χ1n) is 5.73. The Bertz CT molecular complexity index is 560. The molecule has 0 atom stereocenters. The van der Waals surface area contributed by atoms with Crippen LogP contribution in [0.3, 0.4) is 0 Å². The smallest absolute Gasteiger partial charge is 0.289 e. The molecule has 104 valence electrons. The number of rotatable bonds is 5. The van der Waals surface area contributed by atoms with Crippen LogP contribution in [-0.2, 0) is 6.18 Å². The molecule has 0 aliphatic heterocycles. The highest BCUT2D eigenvalue weighted by atomic mass is 19.4. The van der Waals surface area contributed by atoms with Gasteiger partial charge < -0.3 is 0 Å². The standard InChI is InChI=1S/C16H13F3O/c1-3-5-12(4-2)6-11-15(20)13-7-9-14(10-8-13)16(17,18)19/h3-11H,1-2H2/b11-6+,12-5+. The Morgan fingerprint density at radius 3 is 2.10 bits per heavy atom. The monoisotopic (exact) mass is 278 g/mol. The largest absolute Gasteiger partial charge is 0.416 e. The van der Waals surface area contributed by atoms with E-state index >= 15 is 0 Å². The van der Waals surface area contributed by atoms with Gasteiger partial charge in [-0.2, -0.15) is 13.2 Å². The van der Waals surface area contributed by atoms with E-state index in [0.717, 1.165) is 24.3 Å². The summed E-state index contributed by atoms with van der Waals surface area (Å²) in [5.74, 6) is -0.379. The van der Waals surface area contributed by atoms with Crippen LogP contribution in [0.4, 0.5) is 13.2 Å². The summed E-state index contributed by atoms with van der Waals surface area (Å²) in [5, 5.41) is 0. The van der Waals surface area contributed by atoms with E-state index in [-0.39, 0.29) is 11.3 Å². The van der Waals surface area contributed by atoms with Crippen LogP contribution in [0.25, 0.3) is 0 Å². The molecule has 4 heteroatoms. The highest BCUT2D eigenvalue weighted by molar-refractivity contribution is 6.04. The van der Waals surface area contributed by atoms with Crippen LogP contribution >= 0.6 is 0 Å². The fourth-order valence-electron chi connectivity index (χ4n) is 1.42. The molecule has 20 heavy (non-hydrogen) atoms. The third-order valence-corrected chi connectivity index (χ3v) is 2.47. The van der Waals surface area contributed by atoms with E-state index in [4.69, 9.17) is 0 Å². The molecule has 0 bridgehead atoms. The van der Waals surface area contributed by atoms with E-state index in [1.165, 1.54) is 18.2 Å². The fraction of sp³-hybridized carbons (Fsp3) is 0.0625. The summed E-state index contributed by atoms with van der Waals surface area (Å²) < 4.78 is 37.1. The fourth-order valence-corrected chi connectivity index (χ4v) is 1.42. The van der Waals surface area contributed by atoms with Gasteiger partial charge in [-0.15, -0.1) is 0 Å². The topological polar surface area (TPSA) is 17.1 Å². The zero-order chi connectivity index (χ0) is 15.2. The van der Waals surface area contributed by atoms with Crippen molar-refractivity contribution in [3.63, 3.8) is 0 Å². The average Bonchev–Trinajstić information content (AvgIpc) is 2.42. The number of carbonyl (C=O) groups excluding carboxylic acids is 1. The molecule has 0 saturated carbocycles. The molecule has 0 fully saturated rings. The lowest BCUT2D eigenvalue weighted by Gasteiger charge is -2.06.